The maximum absolute atomic E-state index is 13.0. The molecule has 4 rings (SSSR count). The van der Waals surface area contributed by atoms with E-state index >= 15 is 0 Å². The lowest BCUT2D eigenvalue weighted by Crippen LogP contribution is -2.66. The molecule has 0 saturated carbocycles. The van der Waals surface area contributed by atoms with Crippen molar-refractivity contribution in [2.45, 2.75) is 64.3 Å². The van der Waals surface area contributed by atoms with Crippen molar-refractivity contribution >= 4 is 5.91 Å². The summed E-state index contributed by atoms with van der Waals surface area (Å²) in [5, 5.41) is 0. The van der Waals surface area contributed by atoms with Crippen LogP contribution in [0.25, 0.3) is 0 Å². The second kappa shape index (κ2) is 9.51. The molecule has 2 heterocycles. The zero-order valence-electron chi connectivity index (χ0n) is 18.7. The van der Waals surface area contributed by atoms with Gasteiger partial charge in [-0.2, -0.15) is 0 Å². The summed E-state index contributed by atoms with van der Waals surface area (Å²) in [6.45, 7) is 8.30. The first-order valence-electron chi connectivity index (χ1n) is 11.2. The summed E-state index contributed by atoms with van der Waals surface area (Å²) >= 11 is 0. The van der Waals surface area contributed by atoms with Gasteiger partial charge >= 0.3 is 0 Å². The van der Waals surface area contributed by atoms with Gasteiger partial charge in [-0.15, -0.1) is 0 Å². The minimum atomic E-state index is -0.304. The van der Waals surface area contributed by atoms with Gasteiger partial charge < -0.3 is 19.1 Å². The molecule has 0 bridgehead atoms. The normalized spacial score (nSPS) is 24.0. The number of fused-ring (bicyclic) bond motifs is 1. The van der Waals surface area contributed by atoms with Crippen LogP contribution >= 0.6 is 0 Å². The molecule has 2 fully saturated rings. The standard InChI is InChI=1S/C26H33NO4/c1-26(2,3)31-21-14-15-27-24(21)23(25(27)28)22(30-17-20-12-8-5-9-13-20)18-29-16-19-10-6-4-7-11-19/h4-13,21-24H,14-18H2,1-3H3/t21-,22+,23+,24-/m0/s1. The van der Waals surface area contributed by atoms with Gasteiger partial charge in [-0.25, -0.2) is 0 Å². The van der Waals surface area contributed by atoms with Crippen LogP contribution in [0.3, 0.4) is 0 Å². The summed E-state index contributed by atoms with van der Waals surface area (Å²) in [4.78, 5) is 14.9. The van der Waals surface area contributed by atoms with Crippen LogP contribution in [0.1, 0.15) is 38.3 Å². The third kappa shape index (κ3) is 5.35. The van der Waals surface area contributed by atoms with Crippen LogP contribution in [-0.4, -0.2) is 47.8 Å². The smallest absolute Gasteiger partial charge is 0.230 e. The van der Waals surface area contributed by atoms with Crippen LogP contribution in [0.5, 0.6) is 0 Å². The molecule has 0 radical (unpaired) electrons. The van der Waals surface area contributed by atoms with Crippen LogP contribution in [-0.2, 0) is 32.2 Å². The van der Waals surface area contributed by atoms with Crippen LogP contribution in [0.4, 0.5) is 0 Å². The van der Waals surface area contributed by atoms with E-state index in [1.165, 1.54) is 0 Å². The quantitative estimate of drug-likeness (QED) is 0.567. The van der Waals surface area contributed by atoms with Gasteiger partial charge in [-0.1, -0.05) is 60.7 Å². The fourth-order valence-electron chi connectivity index (χ4n) is 4.59. The van der Waals surface area contributed by atoms with E-state index in [9.17, 15) is 4.79 Å². The predicted molar refractivity (Wildman–Crippen MR) is 119 cm³/mol. The Morgan fingerprint density at radius 1 is 0.968 bits per heavy atom. The van der Waals surface area contributed by atoms with Gasteiger partial charge in [-0.3, -0.25) is 4.79 Å². The van der Waals surface area contributed by atoms with Gasteiger partial charge in [0.2, 0.25) is 5.91 Å². The molecular formula is C26H33NO4. The van der Waals surface area contributed by atoms with E-state index in [1.54, 1.807) is 0 Å². The van der Waals surface area contributed by atoms with E-state index in [-0.39, 0.29) is 35.7 Å². The molecule has 2 aliphatic heterocycles. The average molecular weight is 424 g/mol. The van der Waals surface area contributed by atoms with Gasteiger partial charge in [-0.05, 0) is 38.3 Å². The number of β-lactam (4-membered cyclic amide) rings is 1. The Morgan fingerprint density at radius 3 is 2.19 bits per heavy atom. The van der Waals surface area contributed by atoms with E-state index in [0.717, 1.165) is 24.1 Å². The van der Waals surface area contributed by atoms with Crippen LogP contribution in [0, 0.1) is 5.92 Å². The van der Waals surface area contributed by atoms with Crippen molar-refractivity contribution in [3.05, 3.63) is 71.8 Å². The Bertz CT molecular complexity index is 849. The molecule has 31 heavy (non-hydrogen) atoms. The number of nitrogens with zero attached hydrogens (tertiary/aromatic N) is 1. The predicted octanol–water partition coefficient (Wildman–Crippen LogP) is 4.20. The molecule has 2 saturated heterocycles. The Labute approximate surface area is 185 Å². The van der Waals surface area contributed by atoms with Crippen LogP contribution in [0.15, 0.2) is 60.7 Å². The first-order chi connectivity index (χ1) is 14.9. The molecular weight excluding hydrogens is 390 g/mol. The number of benzene rings is 2. The second-order valence-electron chi connectivity index (χ2n) is 9.44. The molecule has 4 atom stereocenters. The van der Waals surface area contributed by atoms with Crippen molar-refractivity contribution in [2.24, 2.45) is 5.92 Å². The largest absolute Gasteiger partial charge is 0.374 e. The van der Waals surface area contributed by atoms with Crippen molar-refractivity contribution in [3.63, 3.8) is 0 Å². The van der Waals surface area contributed by atoms with Gasteiger partial charge in [0, 0.05) is 6.54 Å². The van der Waals surface area contributed by atoms with Crippen LogP contribution in [0.2, 0.25) is 0 Å². The SMILES string of the molecule is CC(C)(C)O[C@H]1CCN2C(=O)[C@H]([C@@H](COCc3ccccc3)OCc3ccccc3)[C@H]12. The number of rotatable bonds is 9. The first kappa shape index (κ1) is 22.0. The highest BCUT2D eigenvalue weighted by Gasteiger charge is 2.58. The van der Waals surface area contributed by atoms with E-state index in [4.69, 9.17) is 14.2 Å². The van der Waals surface area contributed by atoms with Crippen LogP contribution < -0.4 is 0 Å². The monoisotopic (exact) mass is 423 g/mol. The minimum absolute atomic E-state index is 0.0413. The zero-order valence-corrected chi connectivity index (χ0v) is 18.7. The Hall–Kier alpha value is -2.21. The number of ether oxygens (including phenoxy) is 3. The van der Waals surface area contributed by atoms with Crippen molar-refractivity contribution in [1.29, 1.82) is 0 Å². The highest BCUT2D eigenvalue weighted by molar-refractivity contribution is 5.87. The molecule has 1 amide bonds. The summed E-state index contributed by atoms with van der Waals surface area (Å²) in [6, 6.07) is 20.2. The number of amides is 1. The third-order valence-electron chi connectivity index (χ3n) is 5.94. The average Bonchev–Trinajstić information content (AvgIpc) is 3.10. The maximum atomic E-state index is 13.0. The maximum Gasteiger partial charge on any atom is 0.230 e. The second-order valence-corrected chi connectivity index (χ2v) is 9.44. The molecule has 0 aliphatic carbocycles. The summed E-state index contributed by atoms with van der Waals surface area (Å²) in [5.74, 6) is -0.0688. The lowest BCUT2D eigenvalue weighted by molar-refractivity contribution is -0.183. The lowest BCUT2D eigenvalue weighted by atomic mass is 9.82. The zero-order chi connectivity index (χ0) is 21.8. The number of carbonyl (C=O) groups is 1. The molecule has 2 aliphatic rings. The molecule has 2 aromatic rings. The van der Waals surface area contributed by atoms with E-state index in [1.807, 2.05) is 65.6 Å². The minimum Gasteiger partial charge on any atom is -0.374 e. The van der Waals surface area contributed by atoms with E-state index in [0.29, 0.717) is 19.8 Å². The topological polar surface area (TPSA) is 48.0 Å². The van der Waals surface area contributed by atoms with E-state index in [2.05, 4.69) is 20.8 Å². The highest BCUT2D eigenvalue weighted by Crippen LogP contribution is 2.41. The lowest BCUT2D eigenvalue weighted by Gasteiger charge is -2.48. The van der Waals surface area contributed by atoms with Crippen molar-refractivity contribution < 1.29 is 19.0 Å². The molecule has 0 N–H and O–H groups in total. The van der Waals surface area contributed by atoms with Gasteiger partial charge in [0.15, 0.2) is 0 Å². The third-order valence-corrected chi connectivity index (χ3v) is 5.94. The van der Waals surface area contributed by atoms with Crippen molar-refractivity contribution in [3.8, 4) is 0 Å². The number of carbonyl (C=O) groups excluding carboxylic acids is 1. The van der Waals surface area contributed by atoms with E-state index < -0.39 is 0 Å². The highest BCUT2D eigenvalue weighted by atomic mass is 16.5. The van der Waals surface area contributed by atoms with Gasteiger partial charge in [0.05, 0.1) is 49.6 Å². The molecule has 166 valence electrons. The molecule has 0 spiro atoms. The summed E-state index contributed by atoms with van der Waals surface area (Å²) in [6.07, 6.45) is 0.613. The summed E-state index contributed by atoms with van der Waals surface area (Å²) in [5.41, 5.74) is 1.96. The molecule has 5 heteroatoms. The van der Waals surface area contributed by atoms with Gasteiger partial charge in [0.25, 0.3) is 0 Å². The van der Waals surface area contributed by atoms with Crippen molar-refractivity contribution in [1.82, 2.24) is 4.90 Å². The van der Waals surface area contributed by atoms with Crippen molar-refractivity contribution in [2.75, 3.05) is 13.2 Å². The number of hydrogen-bond acceptors (Lipinski definition) is 4. The Balaban J connectivity index is 1.45. The summed E-state index contributed by atoms with van der Waals surface area (Å²) < 4.78 is 18.6. The molecule has 0 unspecified atom stereocenters. The summed E-state index contributed by atoms with van der Waals surface area (Å²) in [7, 11) is 0. The number of hydrogen-bond donors (Lipinski definition) is 0. The Kier molecular flexibility index (Phi) is 6.75. The fourth-order valence-corrected chi connectivity index (χ4v) is 4.59. The Morgan fingerprint density at radius 2 is 1.58 bits per heavy atom. The molecule has 0 aromatic heterocycles. The molecule has 2 aromatic carbocycles. The van der Waals surface area contributed by atoms with Gasteiger partial charge in [0.1, 0.15) is 0 Å². The first-order valence-corrected chi connectivity index (χ1v) is 11.2. The molecule has 5 nitrogen and oxygen atoms in total. The fraction of sp³-hybridized carbons (Fsp3) is 0.500.